The largest absolute Gasteiger partial charge is 0.390 e. The molecule has 0 aromatic heterocycles. The molecule has 5 saturated carbocycles. The first kappa shape index (κ1) is 24.5. The van der Waals surface area contributed by atoms with Crippen LogP contribution in [0, 0.1) is 29.1 Å². The average Bonchev–Trinajstić information content (AvgIpc) is 3.48. The second-order valence-corrected chi connectivity index (χ2v) is 14.3. The van der Waals surface area contributed by atoms with Gasteiger partial charge < -0.3 is 24.1 Å². The lowest BCUT2D eigenvalue weighted by Crippen LogP contribution is -2.80. The van der Waals surface area contributed by atoms with Gasteiger partial charge in [0.1, 0.15) is 6.10 Å². The first-order valence-electron chi connectivity index (χ1n) is 16.1. The van der Waals surface area contributed by atoms with E-state index in [9.17, 15) is 5.11 Å². The van der Waals surface area contributed by atoms with Gasteiger partial charge in [0, 0.05) is 36.9 Å². The van der Waals surface area contributed by atoms with Gasteiger partial charge in [-0.25, -0.2) is 0 Å². The summed E-state index contributed by atoms with van der Waals surface area (Å²) in [6.45, 7) is 4.57. The van der Waals surface area contributed by atoms with Crippen molar-refractivity contribution in [3.05, 3.63) is 0 Å². The van der Waals surface area contributed by atoms with Crippen molar-refractivity contribution in [2.45, 2.75) is 132 Å². The van der Waals surface area contributed by atoms with Crippen LogP contribution in [0.2, 0.25) is 0 Å². The van der Waals surface area contributed by atoms with Crippen LogP contribution in [-0.2, 0) is 18.9 Å². The molecule has 6 nitrogen and oxygen atoms in total. The van der Waals surface area contributed by atoms with Gasteiger partial charge in [0.05, 0.1) is 31.0 Å². The quantitative estimate of drug-likeness (QED) is 0.498. The van der Waals surface area contributed by atoms with Crippen molar-refractivity contribution in [3.63, 3.8) is 0 Å². The van der Waals surface area contributed by atoms with Crippen LogP contribution in [0.15, 0.2) is 0 Å². The predicted molar refractivity (Wildman–Crippen MR) is 139 cm³/mol. The molecule has 3 heterocycles. The Morgan fingerprint density at radius 2 is 1.73 bits per heavy atom. The van der Waals surface area contributed by atoms with Crippen LogP contribution < -0.4 is 0 Å². The lowest BCUT2D eigenvalue weighted by atomic mass is 9.42. The summed E-state index contributed by atoms with van der Waals surface area (Å²) in [7, 11) is 0. The Morgan fingerprint density at radius 1 is 0.892 bits per heavy atom. The SMILES string of the molecule is OC1CCC2CC3N(CC4CC4)CC[C@]45C2C1O[C@H]4C1(CC[C@@]35OCCCC2CCCCC2)OCCO1. The molecule has 3 aliphatic heterocycles. The van der Waals surface area contributed by atoms with E-state index in [2.05, 4.69) is 4.90 Å². The minimum absolute atomic E-state index is 0.0901. The van der Waals surface area contributed by atoms with E-state index in [0.717, 1.165) is 57.1 Å². The number of fused-ring (bicyclic) bond motifs is 1. The highest BCUT2D eigenvalue weighted by Gasteiger charge is 2.81. The number of rotatable bonds is 7. The minimum atomic E-state index is -0.642. The predicted octanol–water partition coefficient (Wildman–Crippen LogP) is 4.67. The first-order chi connectivity index (χ1) is 18.2. The van der Waals surface area contributed by atoms with Gasteiger partial charge in [-0.3, -0.25) is 4.90 Å². The van der Waals surface area contributed by atoms with Crippen LogP contribution in [0.1, 0.15) is 96.3 Å². The van der Waals surface area contributed by atoms with E-state index >= 15 is 0 Å². The van der Waals surface area contributed by atoms with Crippen molar-refractivity contribution < 1.29 is 24.1 Å². The fraction of sp³-hybridized carbons (Fsp3) is 1.00. The molecule has 6 heteroatoms. The standard InChI is InChI=1S/C31H49NO5/c33-24-11-10-23-19-25-30(34-16-4-7-21-5-2-1-3-6-21)12-13-31(35-17-18-36-31)28-29(30,26(23)27(24)37-28)14-15-32(25)20-22-8-9-22/h21-28,33H,1-20H2/t23?,24?,25?,26?,27?,28-,29+,30-/m1/s1. The van der Waals surface area contributed by atoms with Crippen molar-refractivity contribution in [1.82, 2.24) is 4.90 Å². The molecule has 3 saturated heterocycles. The second kappa shape index (κ2) is 9.14. The summed E-state index contributed by atoms with van der Waals surface area (Å²) in [6, 6.07) is 0.469. The fourth-order valence-corrected chi connectivity index (χ4v) is 11.0. The summed E-state index contributed by atoms with van der Waals surface area (Å²) < 4.78 is 27.4. The van der Waals surface area contributed by atoms with Crippen molar-refractivity contribution in [2.75, 3.05) is 32.9 Å². The molecule has 37 heavy (non-hydrogen) atoms. The zero-order valence-corrected chi connectivity index (χ0v) is 22.8. The van der Waals surface area contributed by atoms with Crippen LogP contribution in [0.25, 0.3) is 0 Å². The maximum Gasteiger partial charge on any atom is 0.195 e. The highest BCUT2D eigenvalue weighted by atomic mass is 16.8. The third kappa shape index (κ3) is 3.58. The van der Waals surface area contributed by atoms with Crippen molar-refractivity contribution in [1.29, 1.82) is 0 Å². The van der Waals surface area contributed by atoms with Gasteiger partial charge in [0.25, 0.3) is 0 Å². The lowest BCUT2D eigenvalue weighted by Gasteiger charge is -2.70. The van der Waals surface area contributed by atoms with Crippen molar-refractivity contribution in [2.24, 2.45) is 29.1 Å². The molecule has 8 fully saturated rings. The second-order valence-electron chi connectivity index (χ2n) is 14.3. The molecule has 8 aliphatic rings. The average molecular weight is 516 g/mol. The third-order valence-electron chi connectivity index (χ3n) is 12.6. The summed E-state index contributed by atoms with van der Waals surface area (Å²) in [6.07, 6.45) is 18.0. The first-order valence-corrected chi connectivity index (χ1v) is 16.1. The molecule has 8 atom stereocenters. The molecular formula is C31H49NO5. The molecule has 208 valence electrons. The summed E-state index contributed by atoms with van der Waals surface area (Å²) in [5.74, 6) is 2.13. The van der Waals surface area contributed by atoms with Crippen LogP contribution >= 0.6 is 0 Å². The summed E-state index contributed by atoms with van der Waals surface area (Å²) in [4.78, 5) is 2.87. The van der Waals surface area contributed by atoms with Crippen molar-refractivity contribution >= 4 is 0 Å². The lowest BCUT2D eigenvalue weighted by molar-refractivity contribution is -0.345. The van der Waals surface area contributed by atoms with Gasteiger partial charge in [-0.15, -0.1) is 0 Å². The fourth-order valence-electron chi connectivity index (χ4n) is 11.0. The number of aliphatic hydroxyl groups is 1. The highest BCUT2D eigenvalue weighted by molar-refractivity contribution is 5.29. The summed E-state index contributed by atoms with van der Waals surface area (Å²) in [5.41, 5.74) is -0.314. The minimum Gasteiger partial charge on any atom is -0.390 e. The monoisotopic (exact) mass is 515 g/mol. The summed E-state index contributed by atoms with van der Waals surface area (Å²) in [5, 5.41) is 11.2. The molecule has 5 unspecified atom stereocenters. The van der Waals surface area contributed by atoms with Gasteiger partial charge in [0.15, 0.2) is 5.79 Å². The zero-order chi connectivity index (χ0) is 24.7. The Balaban J connectivity index is 1.15. The molecule has 0 amide bonds. The molecule has 0 radical (unpaired) electrons. The Morgan fingerprint density at radius 3 is 2.54 bits per heavy atom. The molecule has 5 aliphatic carbocycles. The Labute approximate surface area is 223 Å². The molecule has 2 bridgehead atoms. The number of ether oxygens (including phenoxy) is 4. The number of hydrogen-bond donors (Lipinski definition) is 1. The normalized spacial score (nSPS) is 48.9. The van der Waals surface area contributed by atoms with Gasteiger partial charge in [-0.2, -0.15) is 0 Å². The Hall–Kier alpha value is -0.240. The topological polar surface area (TPSA) is 60.4 Å². The molecule has 0 aromatic carbocycles. The molecule has 2 spiro atoms. The number of nitrogens with zero attached hydrogens (tertiary/aromatic N) is 1. The molecule has 8 rings (SSSR count). The molecular weight excluding hydrogens is 466 g/mol. The van der Waals surface area contributed by atoms with Crippen LogP contribution in [-0.4, -0.2) is 78.7 Å². The van der Waals surface area contributed by atoms with E-state index in [1.807, 2.05) is 0 Å². The Kier molecular flexibility index (Phi) is 6.06. The Bertz CT molecular complexity index is 853. The zero-order valence-electron chi connectivity index (χ0n) is 22.8. The van der Waals surface area contributed by atoms with E-state index in [0.29, 0.717) is 31.1 Å². The summed E-state index contributed by atoms with van der Waals surface area (Å²) >= 11 is 0. The number of likely N-dealkylation sites (tertiary alicyclic amines) is 1. The number of piperidine rings is 1. The third-order valence-corrected chi connectivity index (χ3v) is 12.6. The smallest absolute Gasteiger partial charge is 0.195 e. The van der Waals surface area contributed by atoms with E-state index in [-0.39, 0.29) is 29.3 Å². The number of aliphatic hydroxyl groups excluding tert-OH is 1. The number of hydrogen-bond acceptors (Lipinski definition) is 6. The van der Waals surface area contributed by atoms with E-state index in [4.69, 9.17) is 18.9 Å². The van der Waals surface area contributed by atoms with E-state index < -0.39 is 5.79 Å². The highest BCUT2D eigenvalue weighted by Crippen LogP contribution is 2.73. The van der Waals surface area contributed by atoms with Gasteiger partial charge in [-0.05, 0) is 82.1 Å². The van der Waals surface area contributed by atoms with E-state index in [1.54, 1.807) is 0 Å². The maximum absolute atomic E-state index is 11.2. The van der Waals surface area contributed by atoms with Crippen molar-refractivity contribution in [3.8, 4) is 0 Å². The van der Waals surface area contributed by atoms with Gasteiger partial charge in [-0.1, -0.05) is 32.1 Å². The molecule has 0 aromatic rings. The van der Waals surface area contributed by atoms with Gasteiger partial charge in [0.2, 0.25) is 0 Å². The van der Waals surface area contributed by atoms with E-state index in [1.165, 1.54) is 70.8 Å². The molecule has 1 N–H and O–H groups in total. The van der Waals surface area contributed by atoms with Crippen LogP contribution in [0.3, 0.4) is 0 Å². The maximum atomic E-state index is 11.2. The van der Waals surface area contributed by atoms with Crippen LogP contribution in [0.4, 0.5) is 0 Å². The van der Waals surface area contributed by atoms with Crippen LogP contribution in [0.5, 0.6) is 0 Å². The van der Waals surface area contributed by atoms with Gasteiger partial charge >= 0.3 is 0 Å².